The van der Waals surface area contributed by atoms with Gasteiger partial charge in [0.2, 0.25) is 0 Å². The minimum Gasteiger partial charge on any atom is -0.413 e. The van der Waals surface area contributed by atoms with Crippen molar-refractivity contribution in [3.8, 4) is 0 Å². The average Bonchev–Trinajstić information content (AvgIpc) is 3.24. The summed E-state index contributed by atoms with van der Waals surface area (Å²) < 4.78 is 43.7. The predicted octanol–water partition coefficient (Wildman–Crippen LogP) is 13.0. The highest BCUT2D eigenvalue weighted by Gasteiger charge is 2.71. The first-order chi connectivity index (χ1) is 25.6. The molecule has 4 aliphatic carbocycles. The molecule has 0 aromatic heterocycles. The van der Waals surface area contributed by atoms with Gasteiger partial charge in [-0.3, -0.25) is 4.79 Å². The average molecular weight is 914 g/mol. The van der Waals surface area contributed by atoms with Gasteiger partial charge in [0.05, 0.1) is 35.1 Å². The Labute approximate surface area is 364 Å². The normalized spacial score (nSPS) is 34.5. The Morgan fingerprint density at radius 1 is 0.672 bits per heavy atom. The summed E-state index contributed by atoms with van der Waals surface area (Å²) in [4.78, 5) is 15.0. The van der Waals surface area contributed by atoms with Gasteiger partial charge in [-0.1, -0.05) is 13.8 Å². The number of allylic oxidation sites excluding steroid dienone is 1. The van der Waals surface area contributed by atoms with Gasteiger partial charge in [-0.25, -0.2) is 0 Å². The van der Waals surface area contributed by atoms with Gasteiger partial charge in [-0.05, 0) is 219 Å². The van der Waals surface area contributed by atoms with Crippen LogP contribution in [0, 0.1) is 28.6 Å². The van der Waals surface area contributed by atoms with Gasteiger partial charge in [-0.15, -0.1) is 0 Å². The molecule has 58 heavy (non-hydrogen) atoms. The monoisotopic (exact) mass is 913 g/mol. The van der Waals surface area contributed by atoms with Crippen LogP contribution < -0.4 is 0 Å². The SMILES string of the molecule is CC(C)(CCC(O[Si](C)(C)C)C(C)(O[Si](C)(C)C)C1CCC2(O[Si](C)(C)C)C3=CC(=O)C4CC(O[Si](C)(C)C)C(O[Si](C)(C)C)CC4(C)C3CCC12C)O[Si](C)(C)C. The zero-order valence-corrected chi connectivity index (χ0v) is 48.1. The van der Waals surface area contributed by atoms with E-state index in [4.69, 9.17) is 26.6 Å². The van der Waals surface area contributed by atoms with Crippen molar-refractivity contribution in [1.29, 1.82) is 0 Å². The van der Waals surface area contributed by atoms with E-state index in [9.17, 15) is 4.79 Å². The first kappa shape index (κ1) is 51.1. The second kappa shape index (κ2) is 16.5. The number of carbonyl (C=O) groups is 1. The number of ketones is 1. The van der Waals surface area contributed by atoms with E-state index in [1.807, 2.05) is 0 Å². The lowest BCUT2D eigenvalue weighted by Gasteiger charge is -2.64. The van der Waals surface area contributed by atoms with Crippen molar-refractivity contribution < 1.29 is 31.4 Å². The van der Waals surface area contributed by atoms with Gasteiger partial charge in [0.25, 0.3) is 0 Å². The van der Waals surface area contributed by atoms with Crippen LogP contribution in [-0.4, -0.2) is 90.8 Å². The first-order valence-electron chi connectivity index (χ1n) is 23.0. The third kappa shape index (κ3) is 11.8. The smallest absolute Gasteiger partial charge is 0.184 e. The molecule has 4 rings (SSSR count). The van der Waals surface area contributed by atoms with Crippen LogP contribution >= 0.6 is 0 Å². The quantitative estimate of drug-likeness (QED) is 0.135. The fourth-order valence-corrected chi connectivity index (χ4v) is 20.8. The summed E-state index contributed by atoms with van der Waals surface area (Å²) in [5, 5.41) is 0. The number of hydrogen-bond acceptors (Lipinski definition) is 7. The summed E-state index contributed by atoms with van der Waals surface area (Å²) in [6.45, 7) is 53.6. The van der Waals surface area contributed by atoms with Gasteiger partial charge in [0.1, 0.15) is 0 Å². The lowest BCUT2D eigenvalue weighted by molar-refractivity contribution is -0.164. The summed E-state index contributed by atoms with van der Waals surface area (Å²) in [6, 6.07) is 0. The molecule has 0 N–H and O–H groups in total. The third-order valence-electron chi connectivity index (χ3n) is 13.5. The molecule has 0 aromatic carbocycles. The summed E-state index contributed by atoms with van der Waals surface area (Å²) in [7, 11) is -11.9. The predicted molar refractivity (Wildman–Crippen MR) is 260 cm³/mol. The molecule has 0 saturated heterocycles. The van der Waals surface area contributed by atoms with E-state index in [-0.39, 0.29) is 58.3 Å². The maximum atomic E-state index is 15.0. The molecule has 0 aromatic rings. The fraction of sp³-hybridized carbons (Fsp3) is 0.933. The van der Waals surface area contributed by atoms with E-state index in [1.165, 1.54) is 5.57 Å². The highest BCUT2D eigenvalue weighted by Crippen LogP contribution is 2.71. The lowest BCUT2D eigenvalue weighted by Crippen LogP contribution is -2.67. The van der Waals surface area contributed by atoms with E-state index in [1.54, 1.807) is 0 Å². The zero-order valence-electron chi connectivity index (χ0n) is 42.1. The summed E-state index contributed by atoms with van der Waals surface area (Å²) in [5.74, 6) is 0.626. The van der Waals surface area contributed by atoms with Crippen molar-refractivity contribution in [3.05, 3.63) is 11.6 Å². The topological polar surface area (TPSA) is 72.5 Å². The first-order valence-corrected chi connectivity index (χ1v) is 43.5. The van der Waals surface area contributed by atoms with Gasteiger partial charge >= 0.3 is 0 Å². The Bertz CT molecular complexity index is 1510. The minimum absolute atomic E-state index is 0.00706. The van der Waals surface area contributed by atoms with Gasteiger partial charge in [0.15, 0.2) is 55.7 Å². The van der Waals surface area contributed by atoms with E-state index in [0.717, 1.165) is 51.4 Å². The van der Waals surface area contributed by atoms with Crippen molar-refractivity contribution in [2.45, 2.75) is 239 Å². The second-order valence-electron chi connectivity index (χ2n) is 26.3. The lowest BCUT2D eigenvalue weighted by atomic mass is 9.45. The molecule has 0 radical (unpaired) electrons. The molecule has 0 bridgehead atoms. The Hall–Kier alpha value is 0.471. The zero-order chi connectivity index (χ0) is 44.7. The molecule has 3 fully saturated rings. The molecule has 0 amide bonds. The number of fused-ring (bicyclic) bond motifs is 5. The molecule has 10 unspecified atom stereocenters. The maximum absolute atomic E-state index is 15.0. The molecule has 3 saturated carbocycles. The van der Waals surface area contributed by atoms with E-state index in [2.05, 4.69) is 159 Å². The van der Waals surface area contributed by atoms with Crippen molar-refractivity contribution in [2.75, 3.05) is 0 Å². The Kier molecular flexibility index (Phi) is 14.5. The number of rotatable bonds is 17. The van der Waals surface area contributed by atoms with Crippen LogP contribution in [0.15, 0.2) is 11.6 Å². The Balaban J connectivity index is 1.90. The Morgan fingerprint density at radius 3 is 1.69 bits per heavy atom. The van der Waals surface area contributed by atoms with Crippen molar-refractivity contribution in [3.63, 3.8) is 0 Å². The van der Waals surface area contributed by atoms with Crippen molar-refractivity contribution >= 4 is 55.7 Å². The van der Waals surface area contributed by atoms with E-state index < -0.39 is 61.1 Å². The number of carbonyl (C=O) groups excluding carboxylic acids is 1. The highest BCUT2D eigenvalue weighted by molar-refractivity contribution is 6.71. The highest BCUT2D eigenvalue weighted by atomic mass is 28.4. The van der Waals surface area contributed by atoms with Crippen LogP contribution in [0.2, 0.25) is 118 Å². The van der Waals surface area contributed by atoms with Gasteiger partial charge in [-0.2, -0.15) is 0 Å². The van der Waals surface area contributed by atoms with Crippen LogP contribution in [-0.2, 0) is 31.4 Å². The maximum Gasteiger partial charge on any atom is 0.184 e. The standard InChI is InChI=1S/C45H92O7Si6/c1-41(2,50-56(15,16)17)27-26-40(49-55(12,13)14)44(5,51-57(18,19)20)39-25-29-45(52-58(21,22)23)34-30-36(46)35-31-37(47-53(6,7)8)38(48-54(9,10)11)32-42(35,3)33(34)24-28-43(39,45)4/h30,33,35,37-40H,24-29,31-32H2,1-23H3. The number of hydrogen-bond donors (Lipinski definition) is 0. The van der Waals surface area contributed by atoms with Crippen LogP contribution in [0.1, 0.15) is 86.0 Å². The molecule has 0 heterocycles. The second-order valence-corrected chi connectivity index (χ2v) is 53.0. The molecule has 13 heteroatoms. The molecule has 7 nitrogen and oxygen atoms in total. The van der Waals surface area contributed by atoms with Gasteiger partial charge < -0.3 is 26.6 Å². The largest absolute Gasteiger partial charge is 0.413 e. The Morgan fingerprint density at radius 2 is 1.21 bits per heavy atom. The molecular weight excluding hydrogens is 821 g/mol. The van der Waals surface area contributed by atoms with Crippen LogP contribution in [0.5, 0.6) is 0 Å². The third-order valence-corrected chi connectivity index (χ3v) is 19.7. The van der Waals surface area contributed by atoms with Crippen LogP contribution in [0.3, 0.4) is 0 Å². The molecule has 0 spiro atoms. The summed E-state index contributed by atoms with van der Waals surface area (Å²) in [5.41, 5.74) is -0.573. The fourth-order valence-electron chi connectivity index (χ4n) is 12.4. The summed E-state index contributed by atoms with van der Waals surface area (Å²) in [6.07, 6.45) is 9.31. The molecule has 0 aliphatic heterocycles. The molecule has 4 aliphatic rings. The summed E-state index contributed by atoms with van der Waals surface area (Å²) >= 11 is 0. The molecular formula is C45H92O7Si6. The van der Waals surface area contributed by atoms with Crippen molar-refractivity contribution in [1.82, 2.24) is 0 Å². The van der Waals surface area contributed by atoms with Crippen LogP contribution in [0.4, 0.5) is 0 Å². The van der Waals surface area contributed by atoms with Crippen molar-refractivity contribution in [2.24, 2.45) is 28.6 Å². The molecule has 338 valence electrons. The van der Waals surface area contributed by atoms with E-state index >= 15 is 0 Å². The van der Waals surface area contributed by atoms with Crippen LogP contribution in [0.25, 0.3) is 0 Å². The minimum atomic E-state index is -2.16. The van der Waals surface area contributed by atoms with E-state index in [0.29, 0.717) is 0 Å². The molecule has 10 atom stereocenters. The van der Waals surface area contributed by atoms with Gasteiger partial charge in [0, 0.05) is 11.3 Å².